The molecule has 3 heterocycles. The van der Waals surface area contributed by atoms with Gasteiger partial charge in [-0.25, -0.2) is 4.98 Å². The minimum atomic E-state index is 0.112. The Kier molecular flexibility index (Phi) is 6.97. The molecule has 3 aromatic rings. The van der Waals surface area contributed by atoms with Crippen LogP contribution in [0.2, 0.25) is 0 Å². The maximum Gasteiger partial charge on any atom is 0.224 e. The quantitative estimate of drug-likeness (QED) is 0.595. The number of carbonyl (C=O) groups is 1. The van der Waals surface area contributed by atoms with Crippen molar-refractivity contribution in [2.45, 2.75) is 39.2 Å². The van der Waals surface area contributed by atoms with Gasteiger partial charge in [-0.15, -0.1) is 11.3 Å². The highest BCUT2D eigenvalue weighted by Gasteiger charge is 2.20. The molecule has 1 fully saturated rings. The lowest BCUT2D eigenvalue weighted by molar-refractivity contribution is -0.120. The molecule has 0 radical (unpaired) electrons. The Morgan fingerprint density at radius 2 is 1.90 bits per heavy atom. The number of aromatic nitrogens is 2. The van der Waals surface area contributed by atoms with Crippen LogP contribution in [0.5, 0.6) is 0 Å². The van der Waals surface area contributed by atoms with E-state index in [-0.39, 0.29) is 5.91 Å². The lowest BCUT2D eigenvalue weighted by Gasteiger charge is -2.31. The number of aryl methyl sites for hydroxylation is 1. The number of hydrogen-bond donors (Lipinski definition) is 1. The Balaban J connectivity index is 1.17. The zero-order valence-corrected chi connectivity index (χ0v) is 18.4. The Morgan fingerprint density at radius 1 is 1.17 bits per heavy atom. The van der Waals surface area contributed by atoms with Crippen LogP contribution in [-0.2, 0) is 24.2 Å². The van der Waals surface area contributed by atoms with Crippen molar-refractivity contribution in [1.82, 2.24) is 19.8 Å². The Labute approximate surface area is 182 Å². The molecular formula is C24H30N4OS. The van der Waals surface area contributed by atoms with Crippen LogP contribution < -0.4 is 5.32 Å². The normalized spacial score (nSPS) is 15.4. The Morgan fingerprint density at radius 3 is 2.57 bits per heavy atom. The summed E-state index contributed by atoms with van der Waals surface area (Å²) in [6.07, 6.45) is 7.77. The molecule has 1 aliphatic rings. The second kappa shape index (κ2) is 10.0. The largest absolute Gasteiger partial charge is 0.356 e. The van der Waals surface area contributed by atoms with Crippen molar-refractivity contribution < 1.29 is 4.79 Å². The van der Waals surface area contributed by atoms with E-state index in [1.165, 1.54) is 10.7 Å². The fraction of sp³-hybridized carbons (Fsp3) is 0.417. The van der Waals surface area contributed by atoms with Crippen LogP contribution in [0.1, 0.15) is 36.0 Å². The summed E-state index contributed by atoms with van der Waals surface area (Å²) in [5.74, 6) is 0.684. The monoisotopic (exact) mass is 422 g/mol. The van der Waals surface area contributed by atoms with Crippen molar-refractivity contribution >= 4 is 17.2 Å². The summed E-state index contributed by atoms with van der Waals surface area (Å²) in [5.41, 5.74) is 3.36. The molecule has 0 saturated carbocycles. The number of likely N-dealkylation sites (tertiary alicyclic amines) is 1. The van der Waals surface area contributed by atoms with Crippen LogP contribution in [0.4, 0.5) is 0 Å². The van der Waals surface area contributed by atoms with E-state index >= 15 is 0 Å². The van der Waals surface area contributed by atoms with E-state index in [0.717, 1.165) is 56.7 Å². The first kappa shape index (κ1) is 20.8. The fourth-order valence-electron chi connectivity index (χ4n) is 3.96. The lowest BCUT2D eigenvalue weighted by Crippen LogP contribution is -2.38. The van der Waals surface area contributed by atoms with Gasteiger partial charge in [0.2, 0.25) is 5.91 Å². The molecule has 0 spiro atoms. The number of rotatable bonds is 8. The fourth-order valence-corrected chi connectivity index (χ4v) is 4.70. The van der Waals surface area contributed by atoms with Gasteiger partial charge in [-0.2, -0.15) is 0 Å². The first-order valence-corrected chi connectivity index (χ1v) is 11.7. The van der Waals surface area contributed by atoms with Crippen molar-refractivity contribution in [3.05, 3.63) is 70.4 Å². The number of nitrogens with zero attached hydrogens (tertiary/aromatic N) is 3. The molecule has 1 saturated heterocycles. The van der Waals surface area contributed by atoms with E-state index in [1.807, 2.05) is 36.7 Å². The van der Waals surface area contributed by atoms with Gasteiger partial charge in [0.1, 0.15) is 0 Å². The second-order valence-electron chi connectivity index (χ2n) is 8.04. The third-order valence-corrected chi connectivity index (χ3v) is 6.83. The molecule has 1 aromatic carbocycles. The zero-order valence-electron chi connectivity index (χ0n) is 17.6. The van der Waals surface area contributed by atoms with E-state index in [0.29, 0.717) is 12.3 Å². The molecule has 0 unspecified atom stereocenters. The molecule has 5 nitrogen and oxygen atoms in total. The summed E-state index contributed by atoms with van der Waals surface area (Å²) in [6.45, 7) is 6.06. The highest BCUT2D eigenvalue weighted by atomic mass is 32.1. The van der Waals surface area contributed by atoms with Crippen molar-refractivity contribution in [2.24, 2.45) is 5.92 Å². The summed E-state index contributed by atoms with van der Waals surface area (Å²) >= 11 is 1.76. The van der Waals surface area contributed by atoms with Crippen LogP contribution in [0.25, 0.3) is 5.69 Å². The van der Waals surface area contributed by atoms with Gasteiger partial charge in [-0.05, 0) is 68.1 Å². The standard InChI is InChI=1S/C24H30N4OS/c1-2-24-26-21(18-30-24)17-27-13-9-20(10-14-27)16-25-23(29)15-19-5-7-22(8-6-19)28-11-3-4-12-28/h3-8,11-12,18,20H,2,9-10,13-17H2,1H3,(H,25,29). The summed E-state index contributed by atoms with van der Waals surface area (Å²) in [4.78, 5) is 19.5. The number of benzene rings is 1. The zero-order chi connectivity index (χ0) is 20.8. The van der Waals surface area contributed by atoms with Crippen molar-refractivity contribution in [3.63, 3.8) is 0 Å². The van der Waals surface area contributed by atoms with Gasteiger partial charge >= 0.3 is 0 Å². The number of amides is 1. The molecule has 0 bridgehead atoms. The number of thiazole rings is 1. The minimum absolute atomic E-state index is 0.112. The highest BCUT2D eigenvalue weighted by molar-refractivity contribution is 7.09. The van der Waals surface area contributed by atoms with Crippen LogP contribution in [-0.4, -0.2) is 40.0 Å². The van der Waals surface area contributed by atoms with Crippen LogP contribution in [0.3, 0.4) is 0 Å². The summed E-state index contributed by atoms with van der Waals surface area (Å²) < 4.78 is 2.06. The van der Waals surface area contributed by atoms with E-state index in [9.17, 15) is 4.79 Å². The smallest absolute Gasteiger partial charge is 0.224 e. The van der Waals surface area contributed by atoms with Gasteiger partial charge in [0.05, 0.1) is 17.1 Å². The van der Waals surface area contributed by atoms with Gasteiger partial charge in [0, 0.05) is 36.6 Å². The molecule has 158 valence electrons. The molecule has 4 rings (SSSR count). The number of carbonyl (C=O) groups excluding carboxylic acids is 1. The third kappa shape index (κ3) is 5.58. The average molecular weight is 423 g/mol. The number of nitrogens with one attached hydrogen (secondary N) is 1. The molecule has 1 N–H and O–H groups in total. The van der Waals surface area contributed by atoms with Crippen molar-refractivity contribution in [2.75, 3.05) is 19.6 Å². The molecule has 1 aliphatic heterocycles. The maximum absolute atomic E-state index is 12.4. The van der Waals surface area contributed by atoms with E-state index in [2.05, 4.69) is 44.2 Å². The topological polar surface area (TPSA) is 50.2 Å². The highest BCUT2D eigenvalue weighted by Crippen LogP contribution is 2.20. The predicted octanol–water partition coefficient (Wildman–Crippen LogP) is 4.07. The average Bonchev–Trinajstić information content (AvgIpc) is 3.46. The first-order chi connectivity index (χ1) is 14.7. The van der Waals surface area contributed by atoms with Gasteiger partial charge in [-0.1, -0.05) is 19.1 Å². The molecule has 0 aliphatic carbocycles. The SMILES string of the molecule is CCc1nc(CN2CCC(CNC(=O)Cc3ccc(-n4cccc4)cc3)CC2)cs1. The molecule has 1 amide bonds. The third-order valence-electron chi connectivity index (χ3n) is 5.79. The molecule has 0 atom stereocenters. The van der Waals surface area contributed by atoms with Gasteiger partial charge < -0.3 is 9.88 Å². The van der Waals surface area contributed by atoms with Crippen molar-refractivity contribution in [1.29, 1.82) is 0 Å². The molecular weight excluding hydrogens is 392 g/mol. The van der Waals surface area contributed by atoms with Crippen LogP contribution >= 0.6 is 11.3 Å². The van der Waals surface area contributed by atoms with E-state index in [4.69, 9.17) is 0 Å². The second-order valence-corrected chi connectivity index (χ2v) is 8.99. The molecule has 30 heavy (non-hydrogen) atoms. The molecule has 6 heteroatoms. The first-order valence-electron chi connectivity index (χ1n) is 10.8. The van der Waals surface area contributed by atoms with Gasteiger partial charge in [0.25, 0.3) is 0 Å². The van der Waals surface area contributed by atoms with Gasteiger partial charge in [-0.3, -0.25) is 9.69 Å². The van der Waals surface area contributed by atoms with Crippen molar-refractivity contribution in [3.8, 4) is 5.69 Å². The van der Waals surface area contributed by atoms with Crippen LogP contribution in [0, 0.1) is 5.92 Å². The van der Waals surface area contributed by atoms with Crippen LogP contribution in [0.15, 0.2) is 54.2 Å². The van der Waals surface area contributed by atoms with E-state index < -0.39 is 0 Å². The summed E-state index contributed by atoms with van der Waals surface area (Å²) in [5, 5.41) is 6.56. The summed E-state index contributed by atoms with van der Waals surface area (Å²) in [7, 11) is 0. The van der Waals surface area contributed by atoms with E-state index in [1.54, 1.807) is 11.3 Å². The minimum Gasteiger partial charge on any atom is -0.356 e. The Bertz CT molecular complexity index is 925. The predicted molar refractivity (Wildman–Crippen MR) is 122 cm³/mol. The lowest BCUT2D eigenvalue weighted by atomic mass is 9.96. The molecule has 2 aromatic heterocycles. The maximum atomic E-state index is 12.4. The Hall–Kier alpha value is -2.44. The number of hydrogen-bond acceptors (Lipinski definition) is 4. The van der Waals surface area contributed by atoms with Gasteiger partial charge in [0.15, 0.2) is 0 Å². The summed E-state index contributed by atoms with van der Waals surface area (Å²) in [6, 6.07) is 12.2. The number of piperidine rings is 1.